The van der Waals surface area contributed by atoms with Gasteiger partial charge >= 0.3 is 5.97 Å². The summed E-state index contributed by atoms with van der Waals surface area (Å²) >= 11 is 0. The third-order valence-corrected chi connectivity index (χ3v) is 2.07. The number of carbonyl (C=O) groups excluding carboxylic acids is 1. The number of carbonyl (C=O) groups is 2. The van der Waals surface area contributed by atoms with Gasteiger partial charge in [-0.3, -0.25) is 9.59 Å². The van der Waals surface area contributed by atoms with Crippen molar-refractivity contribution >= 4 is 11.9 Å². The fourth-order valence-corrected chi connectivity index (χ4v) is 1.13. The number of carboxylic acids is 1. The number of nitrogens with one attached hydrogen (secondary N) is 1. The third-order valence-electron chi connectivity index (χ3n) is 2.07. The maximum Gasteiger partial charge on any atom is 0.305 e. The summed E-state index contributed by atoms with van der Waals surface area (Å²) in [4.78, 5) is 23.7. The van der Waals surface area contributed by atoms with Gasteiger partial charge < -0.3 is 15.3 Å². The summed E-state index contributed by atoms with van der Waals surface area (Å²) in [5.41, 5.74) is 0. The molecule has 0 aliphatic heterocycles. The second-order valence-electron chi connectivity index (χ2n) is 3.82. The van der Waals surface area contributed by atoms with Crippen LogP contribution in [0.15, 0.2) is 0 Å². The Morgan fingerprint density at radius 1 is 1.40 bits per heavy atom. The predicted molar refractivity (Wildman–Crippen MR) is 57.6 cm³/mol. The van der Waals surface area contributed by atoms with Crippen LogP contribution in [0.5, 0.6) is 0 Å². The van der Waals surface area contributed by atoms with Crippen molar-refractivity contribution in [1.82, 2.24) is 10.2 Å². The molecule has 5 nitrogen and oxygen atoms in total. The second kappa shape index (κ2) is 7.23. The highest BCUT2D eigenvalue weighted by Gasteiger charge is 2.13. The van der Waals surface area contributed by atoms with Gasteiger partial charge in [-0.05, 0) is 20.5 Å². The molecule has 0 aliphatic rings. The zero-order valence-corrected chi connectivity index (χ0v) is 9.62. The standard InChI is InChI=1S/C10H20N2O3/c1-4-8(7-10(14)15)11-9(13)5-6-12(2)3/h8H,4-7H2,1-3H3,(H,11,13)(H,14,15). The average Bonchev–Trinajstić information content (AvgIpc) is 2.13. The van der Waals surface area contributed by atoms with Crippen molar-refractivity contribution in [2.45, 2.75) is 32.2 Å². The molecular formula is C10H20N2O3. The van der Waals surface area contributed by atoms with E-state index < -0.39 is 5.97 Å². The highest BCUT2D eigenvalue weighted by molar-refractivity contribution is 5.77. The number of hydrogen-bond donors (Lipinski definition) is 2. The van der Waals surface area contributed by atoms with E-state index in [0.717, 1.165) is 0 Å². The van der Waals surface area contributed by atoms with E-state index in [2.05, 4.69) is 5.32 Å². The molecule has 15 heavy (non-hydrogen) atoms. The minimum absolute atomic E-state index is 0.00972. The Morgan fingerprint density at radius 2 is 2.00 bits per heavy atom. The fraction of sp³-hybridized carbons (Fsp3) is 0.800. The van der Waals surface area contributed by atoms with Gasteiger partial charge in [0.2, 0.25) is 5.91 Å². The quantitative estimate of drug-likeness (QED) is 0.642. The molecule has 0 radical (unpaired) electrons. The van der Waals surface area contributed by atoms with Crippen LogP contribution in [0.3, 0.4) is 0 Å². The molecule has 0 aromatic carbocycles. The topological polar surface area (TPSA) is 69.6 Å². The number of aliphatic carboxylic acids is 1. The molecule has 1 unspecified atom stereocenters. The lowest BCUT2D eigenvalue weighted by Crippen LogP contribution is -2.37. The first kappa shape index (κ1) is 13.9. The van der Waals surface area contributed by atoms with Crippen molar-refractivity contribution in [2.75, 3.05) is 20.6 Å². The zero-order chi connectivity index (χ0) is 11.8. The Hall–Kier alpha value is -1.10. The molecule has 1 atom stereocenters. The summed E-state index contributed by atoms with van der Waals surface area (Å²) < 4.78 is 0. The first-order valence-corrected chi connectivity index (χ1v) is 5.11. The van der Waals surface area contributed by atoms with Gasteiger partial charge in [-0.1, -0.05) is 6.92 Å². The van der Waals surface area contributed by atoms with Crippen LogP contribution >= 0.6 is 0 Å². The van der Waals surface area contributed by atoms with E-state index in [0.29, 0.717) is 19.4 Å². The smallest absolute Gasteiger partial charge is 0.305 e. The van der Waals surface area contributed by atoms with E-state index in [-0.39, 0.29) is 18.4 Å². The van der Waals surface area contributed by atoms with Crippen molar-refractivity contribution in [3.63, 3.8) is 0 Å². The van der Waals surface area contributed by atoms with E-state index in [1.54, 1.807) is 0 Å². The SMILES string of the molecule is CCC(CC(=O)O)NC(=O)CCN(C)C. The Labute approximate surface area is 90.5 Å². The number of amides is 1. The second-order valence-corrected chi connectivity index (χ2v) is 3.82. The van der Waals surface area contributed by atoms with Crippen LogP contribution in [0.1, 0.15) is 26.2 Å². The molecule has 0 heterocycles. The number of carboxylic acid groups (broad SMARTS) is 1. The van der Waals surface area contributed by atoms with Crippen molar-refractivity contribution in [3.8, 4) is 0 Å². The minimum Gasteiger partial charge on any atom is -0.481 e. The molecule has 0 saturated heterocycles. The predicted octanol–water partition coefficient (Wildman–Crippen LogP) is 0.308. The summed E-state index contributed by atoms with van der Waals surface area (Å²) in [5, 5.41) is 11.3. The first-order valence-electron chi connectivity index (χ1n) is 5.11. The average molecular weight is 216 g/mol. The van der Waals surface area contributed by atoms with E-state index in [9.17, 15) is 9.59 Å². The largest absolute Gasteiger partial charge is 0.481 e. The Kier molecular flexibility index (Phi) is 6.70. The Morgan fingerprint density at radius 3 is 2.40 bits per heavy atom. The van der Waals surface area contributed by atoms with Crippen LogP contribution < -0.4 is 5.32 Å². The highest BCUT2D eigenvalue weighted by Crippen LogP contribution is 1.98. The van der Waals surface area contributed by atoms with Crippen LogP contribution in [0.2, 0.25) is 0 Å². The van der Waals surface area contributed by atoms with Gasteiger partial charge in [-0.15, -0.1) is 0 Å². The maximum absolute atomic E-state index is 11.4. The van der Waals surface area contributed by atoms with Crippen LogP contribution in [-0.2, 0) is 9.59 Å². The molecule has 0 aromatic heterocycles. The summed E-state index contributed by atoms with van der Waals surface area (Å²) in [6.07, 6.45) is 1.04. The molecule has 0 spiro atoms. The van der Waals surface area contributed by atoms with Crippen molar-refractivity contribution < 1.29 is 14.7 Å². The van der Waals surface area contributed by atoms with Crippen LogP contribution in [-0.4, -0.2) is 48.6 Å². The summed E-state index contributed by atoms with van der Waals surface area (Å²) in [5.74, 6) is -0.966. The Bertz CT molecular complexity index is 217. The fourth-order valence-electron chi connectivity index (χ4n) is 1.13. The van der Waals surface area contributed by atoms with Crippen LogP contribution in [0.4, 0.5) is 0 Å². The van der Waals surface area contributed by atoms with Crippen LogP contribution in [0, 0.1) is 0 Å². The molecule has 0 rings (SSSR count). The van der Waals surface area contributed by atoms with Gasteiger partial charge in [0.05, 0.1) is 6.42 Å². The zero-order valence-electron chi connectivity index (χ0n) is 9.62. The molecule has 2 N–H and O–H groups in total. The molecule has 0 aromatic rings. The van der Waals surface area contributed by atoms with E-state index in [4.69, 9.17) is 5.11 Å². The van der Waals surface area contributed by atoms with E-state index in [1.807, 2.05) is 25.9 Å². The first-order chi connectivity index (χ1) is 6.95. The van der Waals surface area contributed by atoms with Gasteiger partial charge in [0.1, 0.15) is 0 Å². The van der Waals surface area contributed by atoms with Crippen molar-refractivity contribution in [3.05, 3.63) is 0 Å². The maximum atomic E-state index is 11.4. The van der Waals surface area contributed by atoms with Gasteiger partial charge in [-0.2, -0.15) is 0 Å². The van der Waals surface area contributed by atoms with E-state index in [1.165, 1.54) is 0 Å². The monoisotopic (exact) mass is 216 g/mol. The molecular weight excluding hydrogens is 196 g/mol. The van der Waals surface area contributed by atoms with Crippen molar-refractivity contribution in [2.24, 2.45) is 0 Å². The van der Waals surface area contributed by atoms with Gasteiger partial charge in [0.15, 0.2) is 0 Å². The minimum atomic E-state index is -0.880. The molecule has 1 amide bonds. The Balaban J connectivity index is 3.85. The summed E-state index contributed by atoms with van der Waals surface area (Å²) in [6.45, 7) is 2.54. The molecule has 0 saturated carbocycles. The molecule has 5 heteroatoms. The van der Waals surface area contributed by atoms with Gasteiger partial charge in [-0.25, -0.2) is 0 Å². The normalized spacial score (nSPS) is 12.5. The molecule has 0 fully saturated rings. The molecule has 0 bridgehead atoms. The third kappa shape index (κ3) is 7.93. The summed E-state index contributed by atoms with van der Waals surface area (Å²) in [7, 11) is 3.78. The number of hydrogen-bond acceptors (Lipinski definition) is 3. The lowest BCUT2D eigenvalue weighted by atomic mass is 10.1. The van der Waals surface area contributed by atoms with Crippen molar-refractivity contribution in [1.29, 1.82) is 0 Å². The molecule has 88 valence electrons. The summed E-state index contributed by atoms with van der Waals surface area (Å²) in [6, 6.07) is -0.253. The number of nitrogens with zero attached hydrogens (tertiary/aromatic N) is 1. The van der Waals surface area contributed by atoms with Gasteiger partial charge in [0.25, 0.3) is 0 Å². The van der Waals surface area contributed by atoms with E-state index >= 15 is 0 Å². The lowest BCUT2D eigenvalue weighted by Gasteiger charge is -2.15. The number of rotatable bonds is 7. The highest BCUT2D eigenvalue weighted by atomic mass is 16.4. The molecule has 0 aliphatic carbocycles. The van der Waals surface area contributed by atoms with Gasteiger partial charge in [0, 0.05) is 19.0 Å². The van der Waals surface area contributed by atoms with Crippen LogP contribution in [0.25, 0.3) is 0 Å². The lowest BCUT2D eigenvalue weighted by molar-refractivity contribution is -0.137.